The molecule has 1 aliphatic heterocycles. The first-order chi connectivity index (χ1) is 14.5. The molecule has 1 heterocycles. The number of amides is 1. The van der Waals surface area contributed by atoms with Crippen LogP contribution < -0.4 is 10.6 Å². The molecule has 2 aromatic rings. The summed E-state index contributed by atoms with van der Waals surface area (Å²) < 4.78 is 5.11. The number of carbonyl (C=O) groups excluding carboxylic acids is 2. The summed E-state index contributed by atoms with van der Waals surface area (Å²) in [6.07, 6.45) is 1.57. The van der Waals surface area contributed by atoms with Crippen LogP contribution in [0.15, 0.2) is 42.5 Å². The molecule has 0 unspecified atom stereocenters. The minimum Gasteiger partial charge on any atom is -0.462 e. The van der Waals surface area contributed by atoms with Gasteiger partial charge in [-0.25, -0.2) is 4.79 Å². The number of thiocarbonyl (C=S) groups is 1. The molecular formula is C23H27N3O3S. The number of nitrogens with one attached hydrogen (secondary N) is 2. The van der Waals surface area contributed by atoms with Gasteiger partial charge in [0.2, 0.25) is 5.91 Å². The lowest BCUT2D eigenvalue weighted by Crippen LogP contribution is -2.30. The fraction of sp³-hybridized carbons (Fsp3) is 0.348. The van der Waals surface area contributed by atoms with Crippen LogP contribution >= 0.6 is 12.2 Å². The maximum absolute atomic E-state index is 12.1. The van der Waals surface area contributed by atoms with E-state index in [-0.39, 0.29) is 11.9 Å². The van der Waals surface area contributed by atoms with E-state index < -0.39 is 0 Å². The first-order valence-corrected chi connectivity index (χ1v) is 10.6. The number of benzene rings is 2. The van der Waals surface area contributed by atoms with Gasteiger partial charge < -0.3 is 20.3 Å². The second-order valence-corrected chi connectivity index (χ2v) is 7.60. The van der Waals surface area contributed by atoms with Crippen LogP contribution in [0.2, 0.25) is 0 Å². The molecule has 3 rings (SSSR count). The number of nitrogens with zero attached hydrogens (tertiary/aromatic N) is 1. The van der Waals surface area contributed by atoms with Gasteiger partial charge >= 0.3 is 5.97 Å². The Morgan fingerprint density at radius 2 is 1.93 bits per heavy atom. The fourth-order valence-corrected chi connectivity index (χ4v) is 3.69. The van der Waals surface area contributed by atoms with Crippen molar-refractivity contribution < 1.29 is 14.3 Å². The molecule has 158 valence electrons. The quantitative estimate of drug-likeness (QED) is 0.520. The highest BCUT2D eigenvalue weighted by molar-refractivity contribution is 7.80. The summed E-state index contributed by atoms with van der Waals surface area (Å²) in [4.78, 5) is 25.9. The van der Waals surface area contributed by atoms with E-state index in [2.05, 4.69) is 10.6 Å². The van der Waals surface area contributed by atoms with Gasteiger partial charge in [-0.1, -0.05) is 30.3 Å². The smallest absolute Gasteiger partial charge is 0.338 e. The van der Waals surface area contributed by atoms with Gasteiger partial charge in [-0.05, 0) is 61.3 Å². The number of esters is 1. The van der Waals surface area contributed by atoms with Crippen LogP contribution in [0, 0.1) is 6.92 Å². The molecule has 0 atom stereocenters. The Hall–Kier alpha value is -2.93. The van der Waals surface area contributed by atoms with Crippen molar-refractivity contribution in [1.29, 1.82) is 0 Å². The van der Waals surface area contributed by atoms with Gasteiger partial charge in [-0.3, -0.25) is 4.79 Å². The summed E-state index contributed by atoms with van der Waals surface area (Å²) in [7, 11) is 0. The summed E-state index contributed by atoms with van der Waals surface area (Å²) in [6.45, 7) is 5.96. The van der Waals surface area contributed by atoms with E-state index >= 15 is 0 Å². The molecule has 30 heavy (non-hydrogen) atoms. The van der Waals surface area contributed by atoms with Crippen molar-refractivity contribution in [3.05, 3.63) is 64.7 Å². The van der Waals surface area contributed by atoms with Crippen molar-refractivity contribution >= 4 is 34.9 Å². The van der Waals surface area contributed by atoms with Gasteiger partial charge in [0, 0.05) is 31.7 Å². The minimum atomic E-state index is -0.345. The highest BCUT2D eigenvalue weighted by atomic mass is 32.1. The Balaban J connectivity index is 1.62. The summed E-state index contributed by atoms with van der Waals surface area (Å²) in [5.41, 5.74) is 4.27. The number of ether oxygens (including phenoxy) is 1. The zero-order chi connectivity index (χ0) is 21.5. The monoisotopic (exact) mass is 425 g/mol. The molecule has 0 radical (unpaired) electrons. The fourth-order valence-electron chi connectivity index (χ4n) is 3.50. The average Bonchev–Trinajstić information content (AvgIpc) is 3.13. The van der Waals surface area contributed by atoms with Crippen molar-refractivity contribution in [2.45, 2.75) is 39.8 Å². The lowest BCUT2D eigenvalue weighted by atomic mass is 10.1. The highest BCUT2D eigenvalue weighted by Crippen LogP contribution is 2.20. The van der Waals surface area contributed by atoms with Crippen LogP contribution in [0.3, 0.4) is 0 Å². The summed E-state index contributed by atoms with van der Waals surface area (Å²) in [5, 5.41) is 6.86. The van der Waals surface area contributed by atoms with Gasteiger partial charge in [0.1, 0.15) is 0 Å². The van der Waals surface area contributed by atoms with Crippen molar-refractivity contribution in [3.63, 3.8) is 0 Å². The first kappa shape index (κ1) is 21.8. The second kappa shape index (κ2) is 10.2. The third-order valence-corrected chi connectivity index (χ3v) is 5.41. The molecule has 1 fully saturated rings. The lowest BCUT2D eigenvalue weighted by molar-refractivity contribution is -0.128. The Kier molecular flexibility index (Phi) is 7.41. The maximum atomic E-state index is 12.1. The zero-order valence-electron chi connectivity index (χ0n) is 17.4. The molecule has 1 aliphatic rings. The van der Waals surface area contributed by atoms with E-state index in [4.69, 9.17) is 17.0 Å². The molecule has 1 amide bonds. The normalized spacial score (nSPS) is 13.3. The maximum Gasteiger partial charge on any atom is 0.338 e. The van der Waals surface area contributed by atoms with Gasteiger partial charge in [-0.15, -0.1) is 0 Å². The summed E-state index contributed by atoms with van der Waals surface area (Å²) in [6, 6.07) is 13.5. The van der Waals surface area contributed by atoms with Crippen LogP contribution in [0.4, 0.5) is 5.69 Å². The van der Waals surface area contributed by atoms with E-state index in [1.165, 1.54) is 0 Å². The molecular weight excluding hydrogens is 398 g/mol. The predicted octanol–water partition coefficient (Wildman–Crippen LogP) is 3.78. The van der Waals surface area contributed by atoms with Crippen molar-refractivity contribution in [2.75, 3.05) is 18.5 Å². The van der Waals surface area contributed by atoms with E-state index in [1.54, 1.807) is 19.1 Å². The van der Waals surface area contributed by atoms with E-state index in [0.717, 1.165) is 35.3 Å². The first-order valence-electron chi connectivity index (χ1n) is 10.2. The number of rotatable bonds is 7. The van der Waals surface area contributed by atoms with Crippen LogP contribution in [-0.4, -0.2) is 35.0 Å². The number of likely N-dealkylation sites (tertiary alicyclic amines) is 1. The molecule has 2 N–H and O–H groups in total. The van der Waals surface area contributed by atoms with Crippen LogP contribution in [-0.2, 0) is 22.6 Å². The Bertz CT molecular complexity index is 945. The Labute approximate surface area is 182 Å². The standard InChI is InChI=1S/C23H27N3O3S/c1-3-29-22(28)19-10-6-11-20(16(19)2)25-23(30)24-14-17-8-4-5-9-18(17)15-26-13-7-12-21(26)27/h4-6,8-11H,3,7,12-15H2,1-2H3,(H2,24,25,30). The van der Waals surface area contributed by atoms with Crippen LogP contribution in [0.25, 0.3) is 0 Å². The number of carbonyl (C=O) groups is 2. The number of hydrogen-bond acceptors (Lipinski definition) is 4. The van der Waals surface area contributed by atoms with E-state index in [0.29, 0.717) is 36.8 Å². The van der Waals surface area contributed by atoms with Crippen molar-refractivity contribution in [1.82, 2.24) is 10.2 Å². The molecule has 0 aromatic heterocycles. The highest BCUT2D eigenvalue weighted by Gasteiger charge is 2.21. The topological polar surface area (TPSA) is 70.7 Å². The van der Waals surface area contributed by atoms with Crippen LogP contribution in [0.1, 0.15) is 46.8 Å². The zero-order valence-corrected chi connectivity index (χ0v) is 18.2. The predicted molar refractivity (Wildman–Crippen MR) is 121 cm³/mol. The molecule has 2 aromatic carbocycles. The molecule has 1 saturated heterocycles. The molecule has 6 nitrogen and oxygen atoms in total. The van der Waals surface area contributed by atoms with Crippen molar-refractivity contribution in [3.8, 4) is 0 Å². The third-order valence-electron chi connectivity index (χ3n) is 5.17. The SMILES string of the molecule is CCOC(=O)c1cccc(NC(=S)NCc2ccccc2CN2CCCC2=O)c1C. The minimum absolute atomic E-state index is 0.215. The largest absolute Gasteiger partial charge is 0.462 e. The lowest BCUT2D eigenvalue weighted by Gasteiger charge is -2.19. The Morgan fingerprint density at radius 1 is 1.17 bits per heavy atom. The average molecular weight is 426 g/mol. The van der Waals surface area contributed by atoms with Crippen molar-refractivity contribution in [2.24, 2.45) is 0 Å². The van der Waals surface area contributed by atoms with E-state index in [9.17, 15) is 9.59 Å². The van der Waals surface area contributed by atoms with Gasteiger partial charge in [0.05, 0.1) is 12.2 Å². The van der Waals surface area contributed by atoms with Crippen LogP contribution in [0.5, 0.6) is 0 Å². The molecule has 0 aliphatic carbocycles. The summed E-state index contributed by atoms with van der Waals surface area (Å²) >= 11 is 5.46. The number of anilines is 1. The van der Waals surface area contributed by atoms with E-state index in [1.807, 2.05) is 42.2 Å². The number of hydrogen-bond donors (Lipinski definition) is 2. The molecule has 0 saturated carbocycles. The summed E-state index contributed by atoms with van der Waals surface area (Å²) in [5.74, 6) is -0.130. The van der Waals surface area contributed by atoms with Gasteiger partial charge in [0.15, 0.2) is 5.11 Å². The van der Waals surface area contributed by atoms with Gasteiger partial charge in [-0.2, -0.15) is 0 Å². The second-order valence-electron chi connectivity index (χ2n) is 7.19. The molecule has 7 heteroatoms. The molecule has 0 bridgehead atoms. The third kappa shape index (κ3) is 5.36. The molecule has 0 spiro atoms. The van der Waals surface area contributed by atoms with Gasteiger partial charge in [0.25, 0.3) is 0 Å². The Morgan fingerprint density at radius 3 is 2.63 bits per heavy atom.